The van der Waals surface area contributed by atoms with E-state index in [4.69, 9.17) is 0 Å². The standard InChI is InChI=1S/C19H21N5O2/c1-11-16(17(23-19(26)21-11)12-5-3-2-4-6-12)18(25)22-14-7-8-15-13(9-14)10-20-24-15/h5,7-10,16-17H,2-4,6H2,1H3,(H,20,24)(H,22,25)(H,23,26). The number of benzene rings is 1. The minimum Gasteiger partial charge on any atom is -0.329 e. The van der Waals surface area contributed by atoms with Gasteiger partial charge in [-0.3, -0.25) is 9.89 Å². The Morgan fingerprint density at radius 1 is 1.31 bits per heavy atom. The van der Waals surface area contributed by atoms with Gasteiger partial charge in [0.2, 0.25) is 5.91 Å². The number of fused-ring (bicyclic) bond motifs is 1. The van der Waals surface area contributed by atoms with Crippen LogP contribution in [0.4, 0.5) is 10.5 Å². The van der Waals surface area contributed by atoms with Crippen molar-refractivity contribution in [3.63, 3.8) is 0 Å². The van der Waals surface area contributed by atoms with Gasteiger partial charge >= 0.3 is 6.03 Å². The van der Waals surface area contributed by atoms with E-state index in [2.05, 4.69) is 31.9 Å². The second-order valence-electron chi connectivity index (χ2n) is 6.84. The van der Waals surface area contributed by atoms with Crippen LogP contribution < -0.4 is 10.6 Å². The summed E-state index contributed by atoms with van der Waals surface area (Å²) in [4.78, 5) is 28.9. The summed E-state index contributed by atoms with van der Waals surface area (Å²) in [7, 11) is 0. The smallest absolute Gasteiger partial charge is 0.329 e. The Balaban J connectivity index is 1.61. The zero-order chi connectivity index (χ0) is 18.1. The van der Waals surface area contributed by atoms with Gasteiger partial charge in [-0.1, -0.05) is 11.6 Å². The van der Waals surface area contributed by atoms with Crippen molar-refractivity contribution in [1.82, 2.24) is 15.5 Å². The van der Waals surface area contributed by atoms with Crippen LogP contribution in [0.15, 0.2) is 41.0 Å². The van der Waals surface area contributed by atoms with E-state index >= 15 is 0 Å². The largest absolute Gasteiger partial charge is 0.341 e. The molecule has 0 spiro atoms. The number of nitrogens with zero attached hydrogens (tertiary/aromatic N) is 2. The van der Waals surface area contributed by atoms with Gasteiger partial charge < -0.3 is 10.6 Å². The van der Waals surface area contributed by atoms with Crippen LogP contribution in [-0.4, -0.2) is 33.9 Å². The van der Waals surface area contributed by atoms with Crippen LogP contribution in [0.25, 0.3) is 10.9 Å². The number of aromatic amines is 1. The summed E-state index contributed by atoms with van der Waals surface area (Å²) in [6.07, 6.45) is 8.00. The first kappa shape index (κ1) is 16.5. The molecule has 1 aromatic carbocycles. The lowest BCUT2D eigenvalue weighted by molar-refractivity contribution is -0.118. The first-order valence-corrected chi connectivity index (χ1v) is 8.90. The molecule has 3 N–H and O–H groups in total. The third-order valence-electron chi connectivity index (χ3n) is 5.06. The number of carbonyl (C=O) groups is 2. The highest BCUT2D eigenvalue weighted by Crippen LogP contribution is 2.28. The Morgan fingerprint density at radius 3 is 3.00 bits per heavy atom. The Bertz CT molecular complexity index is 927. The average molecular weight is 351 g/mol. The van der Waals surface area contributed by atoms with E-state index in [0.717, 1.165) is 42.2 Å². The van der Waals surface area contributed by atoms with Crippen molar-refractivity contribution in [2.45, 2.75) is 38.6 Å². The topological polar surface area (TPSA) is 99.2 Å². The van der Waals surface area contributed by atoms with Gasteiger partial charge in [0.1, 0.15) is 5.92 Å². The van der Waals surface area contributed by atoms with Gasteiger partial charge in [0.15, 0.2) is 0 Å². The van der Waals surface area contributed by atoms with E-state index in [0.29, 0.717) is 11.4 Å². The van der Waals surface area contributed by atoms with Crippen molar-refractivity contribution >= 4 is 34.2 Å². The Morgan fingerprint density at radius 2 is 2.19 bits per heavy atom. The zero-order valence-electron chi connectivity index (χ0n) is 14.6. The summed E-state index contributed by atoms with van der Waals surface area (Å²) in [6.45, 7) is 1.75. The minimum atomic E-state index is -0.503. The van der Waals surface area contributed by atoms with Gasteiger partial charge in [-0.05, 0) is 50.8 Å². The summed E-state index contributed by atoms with van der Waals surface area (Å²) >= 11 is 0. The van der Waals surface area contributed by atoms with Crippen molar-refractivity contribution < 1.29 is 9.59 Å². The Kier molecular flexibility index (Phi) is 4.28. The zero-order valence-corrected chi connectivity index (χ0v) is 14.6. The van der Waals surface area contributed by atoms with Crippen molar-refractivity contribution in [1.29, 1.82) is 0 Å². The van der Waals surface area contributed by atoms with Crippen LogP contribution >= 0.6 is 0 Å². The highest BCUT2D eigenvalue weighted by Gasteiger charge is 2.38. The third kappa shape index (κ3) is 3.12. The number of hydrogen-bond donors (Lipinski definition) is 3. The molecule has 2 heterocycles. The molecule has 1 aliphatic heterocycles. The van der Waals surface area contributed by atoms with E-state index in [1.54, 1.807) is 13.1 Å². The molecule has 2 aliphatic rings. The molecule has 1 aliphatic carbocycles. The lowest BCUT2D eigenvalue weighted by atomic mass is 9.83. The lowest BCUT2D eigenvalue weighted by Gasteiger charge is -2.33. The minimum absolute atomic E-state index is 0.162. The lowest BCUT2D eigenvalue weighted by Crippen LogP contribution is -2.52. The van der Waals surface area contributed by atoms with Crippen LogP contribution in [-0.2, 0) is 4.79 Å². The molecule has 1 aromatic heterocycles. The number of nitrogens with one attached hydrogen (secondary N) is 3. The first-order chi connectivity index (χ1) is 12.6. The maximum absolute atomic E-state index is 13.0. The van der Waals surface area contributed by atoms with Crippen molar-refractivity contribution in [3.05, 3.63) is 36.0 Å². The summed E-state index contributed by atoms with van der Waals surface area (Å²) in [5.74, 6) is -0.664. The second kappa shape index (κ2) is 6.74. The van der Waals surface area contributed by atoms with E-state index in [-0.39, 0.29) is 18.0 Å². The molecular weight excluding hydrogens is 330 g/mol. The molecule has 3 amide bonds. The number of hydrogen-bond acceptors (Lipinski definition) is 3. The van der Waals surface area contributed by atoms with Crippen LogP contribution in [0.2, 0.25) is 0 Å². The van der Waals surface area contributed by atoms with Gasteiger partial charge in [0, 0.05) is 16.8 Å². The number of amides is 3. The predicted molar refractivity (Wildman–Crippen MR) is 100 cm³/mol. The molecular formula is C19H21N5O2. The molecule has 2 unspecified atom stereocenters. The van der Waals surface area contributed by atoms with Crippen molar-refractivity contribution in [2.75, 3.05) is 5.32 Å². The molecule has 134 valence electrons. The van der Waals surface area contributed by atoms with Gasteiger partial charge in [-0.2, -0.15) is 5.10 Å². The number of aliphatic imine (C=N–C) groups is 1. The van der Waals surface area contributed by atoms with E-state index in [9.17, 15) is 9.59 Å². The Hall–Kier alpha value is -2.96. The van der Waals surface area contributed by atoms with Gasteiger partial charge in [-0.15, -0.1) is 0 Å². The molecule has 0 fully saturated rings. The summed E-state index contributed by atoms with van der Waals surface area (Å²) in [5, 5.41) is 13.7. The maximum Gasteiger partial charge on any atom is 0.341 e. The maximum atomic E-state index is 13.0. The van der Waals surface area contributed by atoms with E-state index < -0.39 is 5.92 Å². The van der Waals surface area contributed by atoms with Crippen LogP contribution in [0.1, 0.15) is 32.6 Å². The van der Waals surface area contributed by atoms with Gasteiger partial charge in [-0.25, -0.2) is 9.79 Å². The van der Waals surface area contributed by atoms with Crippen molar-refractivity contribution in [2.24, 2.45) is 10.9 Å². The summed E-state index contributed by atoms with van der Waals surface area (Å²) in [5.41, 5.74) is 3.29. The molecule has 0 saturated carbocycles. The fraction of sp³-hybridized carbons (Fsp3) is 0.368. The van der Waals surface area contributed by atoms with E-state index in [1.807, 2.05) is 18.2 Å². The number of carbonyl (C=O) groups excluding carboxylic acids is 2. The van der Waals surface area contributed by atoms with E-state index in [1.165, 1.54) is 0 Å². The second-order valence-corrected chi connectivity index (χ2v) is 6.84. The van der Waals surface area contributed by atoms with Crippen molar-refractivity contribution in [3.8, 4) is 0 Å². The molecule has 7 heteroatoms. The first-order valence-electron chi connectivity index (χ1n) is 8.90. The molecule has 26 heavy (non-hydrogen) atoms. The molecule has 4 rings (SSSR count). The molecule has 7 nitrogen and oxygen atoms in total. The highest BCUT2D eigenvalue weighted by atomic mass is 16.2. The number of urea groups is 1. The van der Waals surface area contributed by atoms with Crippen LogP contribution in [0, 0.1) is 5.92 Å². The molecule has 0 bridgehead atoms. The van der Waals surface area contributed by atoms with Gasteiger partial charge in [0.25, 0.3) is 0 Å². The fourth-order valence-corrected chi connectivity index (χ4v) is 3.75. The average Bonchev–Trinajstić information content (AvgIpc) is 3.09. The number of H-pyrrole nitrogens is 1. The molecule has 0 radical (unpaired) electrons. The summed E-state index contributed by atoms with van der Waals surface area (Å²) < 4.78 is 0. The monoisotopic (exact) mass is 351 g/mol. The molecule has 0 saturated heterocycles. The highest BCUT2D eigenvalue weighted by molar-refractivity contribution is 6.13. The molecule has 2 aromatic rings. The summed E-state index contributed by atoms with van der Waals surface area (Å²) in [6, 6.07) is 4.89. The third-order valence-corrected chi connectivity index (χ3v) is 5.06. The quantitative estimate of drug-likeness (QED) is 0.741. The number of allylic oxidation sites excluding steroid dienone is 1. The SMILES string of the molecule is CC1=NC(=O)NC(C2=CCCCC2)C1C(=O)Nc1ccc2[nH]ncc2c1. The number of aromatic nitrogens is 2. The van der Waals surface area contributed by atoms with Gasteiger partial charge in [0.05, 0.1) is 17.8 Å². The van der Waals surface area contributed by atoms with Crippen LogP contribution in [0.3, 0.4) is 0 Å². The fourth-order valence-electron chi connectivity index (χ4n) is 3.75. The number of rotatable bonds is 3. The predicted octanol–water partition coefficient (Wildman–Crippen LogP) is 3.17. The normalized spacial score (nSPS) is 23.2. The molecule has 2 atom stereocenters. The number of anilines is 1. The van der Waals surface area contributed by atoms with Crippen LogP contribution in [0.5, 0.6) is 0 Å². The Labute approximate surface area is 151 Å².